The number of nitrogens with one attached hydrogen (secondary N) is 1. The molecule has 2 fully saturated rings. The molecule has 1 saturated carbocycles. The first-order valence-electron chi connectivity index (χ1n) is 5.67. The van der Waals surface area contributed by atoms with Gasteiger partial charge in [-0.05, 0) is 44.7 Å². The fraction of sp³-hybridized carbons (Fsp3) is 1.00. The number of likely N-dealkylation sites (N-methyl/N-ethyl adjacent to an activating group) is 1. The molecule has 3 atom stereocenters. The standard InChI is InChI=1S/C11H22N2/c1-9-6-10(9)7-13(2)8-11-4-3-5-12-11/h9-12H,3-8H2,1-2H3/t9?,10?,11-/m1/s1. The molecule has 13 heavy (non-hydrogen) atoms. The van der Waals surface area contributed by atoms with E-state index in [1.54, 1.807) is 0 Å². The Morgan fingerprint density at radius 1 is 1.38 bits per heavy atom. The quantitative estimate of drug-likeness (QED) is 0.705. The molecule has 0 spiro atoms. The Morgan fingerprint density at radius 2 is 2.15 bits per heavy atom. The number of rotatable bonds is 4. The minimum Gasteiger partial charge on any atom is -0.313 e. The number of hydrogen-bond donors (Lipinski definition) is 1. The van der Waals surface area contributed by atoms with Crippen molar-refractivity contribution < 1.29 is 0 Å². The highest BCUT2D eigenvalue weighted by atomic mass is 15.1. The van der Waals surface area contributed by atoms with Gasteiger partial charge in [0.1, 0.15) is 0 Å². The summed E-state index contributed by atoms with van der Waals surface area (Å²) in [7, 11) is 2.27. The van der Waals surface area contributed by atoms with E-state index in [1.165, 1.54) is 38.9 Å². The summed E-state index contributed by atoms with van der Waals surface area (Å²) in [5.41, 5.74) is 0. The summed E-state index contributed by atoms with van der Waals surface area (Å²) in [6.07, 6.45) is 4.21. The third-order valence-electron chi connectivity index (χ3n) is 3.52. The second-order valence-corrected chi connectivity index (χ2v) is 4.99. The zero-order valence-corrected chi connectivity index (χ0v) is 8.92. The molecule has 2 unspecified atom stereocenters. The van der Waals surface area contributed by atoms with Crippen LogP contribution in [0.15, 0.2) is 0 Å². The predicted molar refractivity (Wildman–Crippen MR) is 55.8 cm³/mol. The highest BCUT2D eigenvalue weighted by molar-refractivity contribution is 4.86. The van der Waals surface area contributed by atoms with E-state index in [-0.39, 0.29) is 0 Å². The van der Waals surface area contributed by atoms with Gasteiger partial charge in [0.05, 0.1) is 0 Å². The van der Waals surface area contributed by atoms with Crippen LogP contribution >= 0.6 is 0 Å². The fourth-order valence-corrected chi connectivity index (χ4v) is 2.42. The Morgan fingerprint density at radius 3 is 2.69 bits per heavy atom. The lowest BCUT2D eigenvalue weighted by atomic mass is 10.2. The molecular weight excluding hydrogens is 160 g/mol. The summed E-state index contributed by atoms with van der Waals surface area (Å²) >= 11 is 0. The van der Waals surface area contributed by atoms with Crippen LogP contribution in [-0.4, -0.2) is 37.6 Å². The van der Waals surface area contributed by atoms with Crippen molar-refractivity contribution in [3.63, 3.8) is 0 Å². The summed E-state index contributed by atoms with van der Waals surface area (Å²) in [5.74, 6) is 2.00. The van der Waals surface area contributed by atoms with Gasteiger partial charge in [0.15, 0.2) is 0 Å². The minimum atomic E-state index is 0.777. The topological polar surface area (TPSA) is 15.3 Å². The van der Waals surface area contributed by atoms with Gasteiger partial charge in [0.2, 0.25) is 0 Å². The molecule has 1 aliphatic carbocycles. The first-order valence-corrected chi connectivity index (χ1v) is 5.67. The van der Waals surface area contributed by atoms with Crippen molar-refractivity contribution in [3.05, 3.63) is 0 Å². The Bertz CT molecular complexity index is 163. The molecule has 1 N–H and O–H groups in total. The zero-order valence-electron chi connectivity index (χ0n) is 8.92. The van der Waals surface area contributed by atoms with Crippen molar-refractivity contribution in [3.8, 4) is 0 Å². The average molecular weight is 182 g/mol. The van der Waals surface area contributed by atoms with Gasteiger partial charge in [-0.3, -0.25) is 0 Å². The molecule has 0 radical (unpaired) electrons. The van der Waals surface area contributed by atoms with Crippen LogP contribution in [-0.2, 0) is 0 Å². The van der Waals surface area contributed by atoms with Gasteiger partial charge < -0.3 is 10.2 Å². The van der Waals surface area contributed by atoms with E-state index in [0.29, 0.717) is 0 Å². The van der Waals surface area contributed by atoms with Crippen LogP contribution in [0.1, 0.15) is 26.2 Å². The van der Waals surface area contributed by atoms with Crippen molar-refractivity contribution in [1.82, 2.24) is 10.2 Å². The lowest BCUT2D eigenvalue weighted by Crippen LogP contribution is -2.36. The number of hydrogen-bond acceptors (Lipinski definition) is 2. The summed E-state index contributed by atoms with van der Waals surface area (Å²) in [6, 6.07) is 0.777. The molecule has 0 aromatic rings. The maximum Gasteiger partial charge on any atom is 0.0195 e. The Kier molecular flexibility index (Phi) is 2.89. The normalized spacial score (nSPS) is 38.5. The highest BCUT2D eigenvalue weighted by Gasteiger charge is 2.33. The predicted octanol–water partition coefficient (Wildman–Crippen LogP) is 1.33. The Labute approximate surface area is 81.7 Å². The Balaban J connectivity index is 1.62. The molecule has 0 aromatic heterocycles. The maximum atomic E-state index is 3.55. The minimum absolute atomic E-state index is 0.777. The molecule has 1 saturated heterocycles. The molecular formula is C11H22N2. The van der Waals surface area contributed by atoms with E-state index >= 15 is 0 Å². The third-order valence-corrected chi connectivity index (χ3v) is 3.52. The van der Waals surface area contributed by atoms with Gasteiger partial charge in [-0.2, -0.15) is 0 Å². The van der Waals surface area contributed by atoms with E-state index < -0.39 is 0 Å². The SMILES string of the molecule is CC1CC1CN(C)C[C@H]1CCCN1. The lowest BCUT2D eigenvalue weighted by Gasteiger charge is -2.20. The second-order valence-electron chi connectivity index (χ2n) is 4.99. The van der Waals surface area contributed by atoms with Crippen LogP contribution in [0.4, 0.5) is 0 Å². The van der Waals surface area contributed by atoms with Crippen LogP contribution in [0.5, 0.6) is 0 Å². The van der Waals surface area contributed by atoms with Gasteiger partial charge in [-0.25, -0.2) is 0 Å². The smallest absolute Gasteiger partial charge is 0.0195 e. The second kappa shape index (κ2) is 3.97. The maximum absolute atomic E-state index is 3.55. The van der Waals surface area contributed by atoms with E-state index in [4.69, 9.17) is 0 Å². The molecule has 2 nitrogen and oxygen atoms in total. The molecule has 1 aliphatic heterocycles. The molecule has 0 amide bonds. The molecule has 2 heteroatoms. The lowest BCUT2D eigenvalue weighted by molar-refractivity contribution is 0.285. The van der Waals surface area contributed by atoms with E-state index in [0.717, 1.165) is 17.9 Å². The van der Waals surface area contributed by atoms with Gasteiger partial charge in [0, 0.05) is 19.1 Å². The molecule has 1 heterocycles. The molecule has 76 valence electrons. The number of nitrogens with zero attached hydrogens (tertiary/aromatic N) is 1. The van der Waals surface area contributed by atoms with Crippen molar-refractivity contribution >= 4 is 0 Å². The molecule has 0 aromatic carbocycles. The van der Waals surface area contributed by atoms with Crippen molar-refractivity contribution in [2.45, 2.75) is 32.2 Å². The first-order chi connectivity index (χ1) is 6.25. The Hall–Kier alpha value is -0.0800. The van der Waals surface area contributed by atoms with Crippen LogP contribution in [0.25, 0.3) is 0 Å². The summed E-state index contributed by atoms with van der Waals surface area (Å²) in [6.45, 7) is 6.17. The van der Waals surface area contributed by atoms with E-state index in [9.17, 15) is 0 Å². The molecule has 2 aliphatic rings. The molecule has 0 bridgehead atoms. The zero-order chi connectivity index (χ0) is 9.26. The van der Waals surface area contributed by atoms with Crippen LogP contribution in [0.3, 0.4) is 0 Å². The van der Waals surface area contributed by atoms with Crippen molar-refractivity contribution in [1.29, 1.82) is 0 Å². The third kappa shape index (κ3) is 2.68. The fourth-order valence-electron chi connectivity index (χ4n) is 2.42. The van der Waals surface area contributed by atoms with Gasteiger partial charge >= 0.3 is 0 Å². The summed E-state index contributed by atoms with van der Waals surface area (Å²) < 4.78 is 0. The van der Waals surface area contributed by atoms with E-state index in [1.807, 2.05) is 0 Å². The van der Waals surface area contributed by atoms with Crippen molar-refractivity contribution in [2.24, 2.45) is 11.8 Å². The van der Waals surface area contributed by atoms with Crippen LogP contribution in [0.2, 0.25) is 0 Å². The summed E-state index contributed by atoms with van der Waals surface area (Å²) in [4.78, 5) is 2.51. The van der Waals surface area contributed by atoms with E-state index in [2.05, 4.69) is 24.2 Å². The van der Waals surface area contributed by atoms with Crippen molar-refractivity contribution in [2.75, 3.05) is 26.7 Å². The first kappa shape index (κ1) is 9.47. The monoisotopic (exact) mass is 182 g/mol. The molecule has 2 rings (SSSR count). The van der Waals surface area contributed by atoms with Crippen LogP contribution < -0.4 is 5.32 Å². The average Bonchev–Trinajstić information content (AvgIpc) is 2.61. The highest BCUT2D eigenvalue weighted by Crippen LogP contribution is 2.37. The van der Waals surface area contributed by atoms with Crippen LogP contribution in [0, 0.1) is 11.8 Å². The largest absolute Gasteiger partial charge is 0.313 e. The van der Waals surface area contributed by atoms with Gasteiger partial charge in [0.25, 0.3) is 0 Å². The summed E-state index contributed by atoms with van der Waals surface area (Å²) in [5, 5.41) is 3.55. The van der Waals surface area contributed by atoms with Gasteiger partial charge in [-0.15, -0.1) is 0 Å². The van der Waals surface area contributed by atoms with Gasteiger partial charge in [-0.1, -0.05) is 6.92 Å².